The molecule has 0 saturated heterocycles. The van der Waals surface area contributed by atoms with E-state index in [0.29, 0.717) is 12.0 Å². The number of benzene rings is 1. The largest absolute Gasteiger partial charge is 0.457 e. The fraction of sp³-hybridized carbons (Fsp3) is 0.300. The summed E-state index contributed by atoms with van der Waals surface area (Å²) in [5, 5.41) is 2.91. The Morgan fingerprint density at radius 1 is 1.20 bits per heavy atom. The Balaban J connectivity index is 1.53. The van der Waals surface area contributed by atoms with Gasteiger partial charge in [0.2, 0.25) is 5.78 Å². The van der Waals surface area contributed by atoms with Gasteiger partial charge in [0.05, 0.1) is 0 Å². The fourth-order valence-corrected chi connectivity index (χ4v) is 3.65. The molecule has 2 aromatic heterocycles. The van der Waals surface area contributed by atoms with Crippen molar-refractivity contribution in [3.8, 4) is 0 Å². The minimum Gasteiger partial charge on any atom is -0.457 e. The number of aromatic nitrogens is 1. The third-order valence-electron chi connectivity index (χ3n) is 4.23. The number of ketones is 1. The molecule has 0 aliphatic heterocycles. The maximum absolute atomic E-state index is 12.4. The van der Waals surface area contributed by atoms with Crippen molar-refractivity contribution < 1.29 is 14.3 Å². The number of nitrogens with one attached hydrogen (secondary N) is 1. The third kappa shape index (κ3) is 4.17. The number of hydrogen-bond donors (Lipinski definition) is 1. The van der Waals surface area contributed by atoms with Gasteiger partial charge in [0.15, 0.2) is 6.61 Å². The summed E-state index contributed by atoms with van der Waals surface area (Å²) >= 11 is 1.69. The molecule has 0 aliphatic rings. The van der Waals surface area contributed by atoms with E-state index in [4.69, 9.17) is 4.74 Å². The van der Waals surface area contributed by atoms with E-state index in [2.05, 4.69) is 18.0 Å². The molecular weight excluding hydrogens is 334 g/mol. The van der Waals surface area contributed by atoms with Gasteiger partial charge in [-0.05, 0) is 36.3 Å². The second kappa shape index (κ2) is 8.12. The van der Waals surface area contributed by atoms with Crippen LogP contribution in [0.2, 0.25) is 0 Å². The van der Waals surface area contributed by atoms with Crippen LogP contribution in [0.5, 0.6) is 0 Å². The first kappa shape index (κ1) is 17.4. The van der Waals surface area contributed by atoms with Crippen LogP contribution in [0.4, 0.5) is 0 Å². The van der Waals surface area contributed by atoms with Crippen molar-refractivity contribution in [2.75, 3.05) is 6.61 Å². The molecule has 1 aromatic carbocycles. The molecule has 5 heteroatoms. The Hall–Kier alpha value is -2.40. The van der Waals surface area contributed by atoms with Gasteiger partial charge in [0.1, 0.15) is 0 Å². The smallest absolute Gasteiger partial charge is 0.306 e. The van der Waals surface area contributed by atoms with Crippen LogP contribution in [-0.4, -0.2) is 23.3 Å². The van der Waals surface area contributed by atoms with Crippen molar-refractivity contribution in [3.63, 3.8) is 0 Å². The molecule has 25 heavy (non-hydrogen) atoms. The second-order valence-electron chi connectivity index (χ2n) is 5.91. The summed E-state index contributed by atoms with van der Waals surface area (Å²) in [7, 11) is 0. The molecule has 0 saturated carbocycles. The van der Waals surface area contributed by atoms with Crippen molar-refractivity contribution >= 4 is 34.0 Å². The van der Waals surface area contributed by atoms with Gasteiger partial charge in [-0.2, -0.15) is 0 Å². The highest BCUT2D eigenvalue weighted by Crippen LogP contribution is 2.22. The molecule has 0 fully saturated rings. The molecule has 4 nitrogen and oxygen atoms in total. The molecule has 0 spiro atoms. The number of fused-ring (bicyclic) bond motifs is 1. The predicted octanol–water partition coefficient (Wildman–Crippen LogP) is 4.54. The van der Waals surface area contributed by atoms with Crippen LogP contribution in [0, 0.1) is 0 Å². The summed E-state index contributed by atoms with van der Waals surface area (Å²) in [4.78, 5) is 28.6. The molecule has 1 N–H and O–H groups in total. The average Bonchev–Trinajstić information content (AvgIpc) is 3.28. The number of ether oxygens (including phenoxy) is 1. The zero-order valence-corrected chi connectivity index (χ0v) is 15.0. The number of carbonyl (C=O) groups is 2. The first-order valence-electron chi connectivity index (χ1n) is 8.49. The van der Waals surface area contributed by atoms with Crippen LogP contribution in [0.15, 0.2) is 41.9 Å². The summed E-state index contributed by atoms with van der Waals surface area (Å²) in [6.07, 6.45) is 4.53. The molecule has 0 radical (unpaired) electrons. The van der Waals surface area contributed by atoms with E-state index in [1.165, 1.54) is 10.4 Å². The molecule has 0 unspecified atom stereocenters. The van der Waals surface area contributed by atoms with Crippen molar-refractivity contribution in [3.05, 3.63) is 57.9 Å². The normalized spacial score (nSPS) is 10.9. The molecule has 3 aromatic rings. The molecule has 0 amide bonds. The number of rotatable bonds is 8. The van der Waals surface area contributed by atoms with Gasteiger partial charge in [0, 0.05) is 34.0 Å². The summed E-state index contributed by atoms with van der Waals surface area (Å²) in [5.41, 5.74) is 2.73. The van der Waals surface area contributed by atoms with E-state index in [0.717, 1.165) is 30.2 Å². The maximum Gasteiger partial charge on any atom is 0.306 e. The molecular formula is C20H21NO3S. The SMILES string of the molecule is CCc1cccc2c(C(=O)COC(=O)CCCc3cccs3)c[nH]c12. The highest BCUT2D eigenvalue weighted by molar-refractivity contribution is 7.09. The summed E-state index contributed by atoms with van der Waals surface area (Å²) in [5.74, 6) is -0.495. The number of esters is 1. The third-order valence-corrected chi connectivity index (χ3v) is 5.17. The minimum absolute atomic E-state index is 0.175. The lowest BCUT2D eigenvalue weighted by Crippen LogP contribution is -2.13. The number of aromatic amines is 1. The zero-order chi connectivity index (χ0) is 17.6. The highest BCUT2D eigenvalue weighted by atomic mass is 32.1. The average molecular weight is 355 g/mol. The van der Waals surface area contributed by atoms with E-state index in [9.17, 15) is 9.59 Å². The van der Waals surface area contributed by atoms with Crippen LogP contribution in [0.1, 0.15) is 40.6 Å². The van der Waals surface area contributed by atoms with Crippen molar-refractivity contribution in [2.24, 2.45) is 0 Å². The molecule has 2 heterocycles. The fourth-order valence-electron chi connectivity index (χ4n) is 2.90. The quantitative estimate of drug-likeness (QED) is 0.477. The van der Waals surface area contributed by atoms with E-state index < -0.39 is 0 Å². The number of aryl methyl sites for hydroxylation is 2. The molecule has 3 rings (SSSR count). The summed E-state index contributed by atoms with van der Waals surface area (Å²) in [6, 6.07) is 9.97. The first-order valence-corrected chi connectivity index (χ1v) is 9.37. The Labute approximate surface area is 150 Å². The molecule has 0 aliphatic carbocycles. The molecule has 0 bridgehead atoms. The van der Waals surface area contributed by atoms with Crippen LogP contribution in [-0.2, 0) is 22.4 Å². The first-order chi connectivity index (χ1) is 12.2. The Bertz CT molecular complexity index is 864. The zero-order valence-electron chi connectivity index (χ0n) is 14.2. The van der Waals surface area contributed by atoms with E-state index in [1.807, 2.05) is 29.6 Å². The topological polar surface area (TPSA) is 59.2 Å². The van der Waals surface area contributed by atoms with Gasteiger partial charge in [-0.3, -0.25) is 9.59 Å². The number of carbonyl (C=O) groups excluding carboxylic acids is 2. The molecule has 0 atom stereocenters. The summed E-state index contributed by atoms with van der Waals surface area (Å²) in [6.45, 7) is 1.87. The van der Waals surface area contributed by atoms with Gasteiger partial charge in [-0.15, -0.1) is 11.3 Å². The maximum atomic E-state index is 12.4. The van der Waals surface area contributed by atoms with Crippen molar-refractivity contribution in [2.45, 2.75) is 32.6 Å². The minimum atomic E-state index is -0.320. The number of para-hydroxylation sites is 1. The Morgan fingerprint density at radius 2 is 2.08 bits per heavy atom. The monoisotopic (exact) mass is 355 g/mol. The van der Waals surface area contributed by atoms with Gasteiger partial charge >= 0.3 is 5.97 Å². The van der Waals surface area contributed by atoms with Crippen LogP contribution < -0.4 is 0 Å². The van der Waals surface area contributed by atoms with Gasteiger partial charge < -0.3 is 9.72 Å². The van der Waals surface area contributed by atoms with Gasteiger partial charge in [0.25, 0.3) is 0 Å². The van der Waals surface area contributed by atoms with Gasteiger partial charge in [-0.25, -0.2) is 0 Å². The van der Waals surface area contributed by atoms with E-state index in [1.54, 1.807) is 17.5 Å². The standard InChI is InChI=1S/C20H21NO3S/c1-2-14-6-3-9-16-17(12-21-20(14)16)18(22)13-24-19(23)10-4-7-15-8-5-11-25-15/h3,5-6,8-9,11-12,21H,2,4,7,10,13H2,1H3. The lowest BCUT2D eigenvalue weighted by molar-refractivity contribution is -0.142. The number of thiophene rings is 1. The Kier molecular flexibility index (Phi) is 5.66. The lowest BCUT2D eigenvalue weighted by atomic mass is 10.1. The number of Topliss-reactive ketones (excluding diaryl/α,β-unsaturated/α-hetero) is 1. The van der Waals surface area contributed by atoms with Crippen LogP contribution in [0.25, 0.3) is 10.9 Å². The van der Waals surface area contributed by atoms with Crippen LogP contribution in [0.3, 0.4) is 0 Å². The molecule has 130 valence electrons. The Morgan fingerprint density at radius 3 is 2.84 bits per heavy atom. The van der Waals surface area contributed by atoms with E-state index >= 15 is 0 Å². The lowest BCUT2D eigenvalue weighted by Gasteiger charge is -2.04. The number of H-pyrrole nitrogens is 1. The van der Waals surface area contributed by atoms with E-state index in [-0.39, 0.29) is 18.4 Å². The van der Waals surface area contributed by atoms with Crippen molar-refractivity contribution in [1.29, 1.82) is 0 Å². The van der Waals surface area contributed by atoms with Crippen molar-refractivity contribution in [1.82, 2.24) is 4.98 Å². The van der Waals surface area contributed by atoms with Gasteiger partial charge in [-0.1, -0.05) is 31.2 Å². The predicted molar refractivity (Wildman–Crippen MR) is 100 cm³/mol. The highest BCUT2D eigenvalue weighted by Gasteiger charge is 2.15. The summed E-state index contributed by atoms with van der Waals surface area (Å²) < 4.78 is 5.15. The van der Waals surface area contributed by atoms with Crippen LogP contribution >= 0.6 is 11.3 Å². The second-order valence-corrected chi connectivity index (χ2v) is 6.94. The number of hydrogen-bond acceptors (Lipinski definition) is 4.